The predicted molar refractivity (Wildman–Crippen MR) is 141 cm³/mol. The van der Waals surface area contributed by atoms with Crippen LogP contribution in [0.2, 0.25) is 0 Å². The molecule has 35 heavy (non-hydrogen) atoms. The highest BCUT2D eigenvalue weighted by atomic mass is 32.1. The van der Waals surface area contributed by atoms with E-state index in [1.807, 2.05) is 65.0 Å². The molecule has 3 rings (SSSR count). The van der Waals surface area contributed by atoms with Gasteiger partial charge in [0, 0.05) is 23.8 Å². The Morgan fingerprint density at radius 3 is 2.60 bits per heavy atom. The van der Waals surface area contributed by atoms with E-state index in [9.17, 15) is 14.4 Å². The van der Waals surface area contributed by atoms with Crippen LogP contribution in [0, 0.1) is 5.92 Å². The second-order valence-corrected chi connectivity index (χ2v) is 11.8. The van der Waals surface area contributed by atoms with Crippen molar-refractivity contribution in [1.82, 2.24) is 15.5 Å². The van der Waals surface area contributed by atoms with E-state index in [2.05, 4.69) is 10.6 Å². The lowest BCUT2D eigenvalue weighted by atomic mass is 9.99. The number of ether oxygens (including phenoxy) is 1. The Balaban J connectivity index is 1.57. The van der Waals surface area contributed by atoms with Gasteiger partial charge in [0.25, 0.3) is 5.91 Å². The third-order valence-corrected chi connectivity index (χ3v) is 7.13. The second kappa shape index (κ2) is 11.9. The molecule has 1 aromatic carbocycles. The van der Waals surface area contributed by atoms with Gasteiger partial charge < -0.3 is 20.3 Å². The van der Waals surface area contributed by atoms with Crippen LogP contribution in [0.25, 0.3) is 10.1 Å². The largest absolute Gasteiger partial charge is 0.444 e. The van der Waals surface area contributed by atoms with E-state index < -0.39 is 11.6 Å². The summed E-state index contributed by atoms with van der Waals surface area (Å²) in [5.74, 6) is -0.169. The number of likely N-dealkylation sites (tertiary alicyclic amines) is 1. The first-order valence-corrected chi connectivity index (χ1v) is 13.4. The Morgan fingerprint density at radius 1 is 1.17 bits per heavy atom. The van der Waals surface area contributed by atoms with Gasteiger partial charge in [-0.25, -0.2) is 4.79 Å². The molecule has 0 bridgehead atoms. The number of rotatable bonds is 8. The maximum atomic E-state index is 13.0. The van der Waals surface area contributed by atoms with Crippen molar-refractivity contribution >= 4 is 39.3 Å². The standard InChI is InChI=1S/C27H39N3O4S/c1-18(2)16-21(29-25(32)23-17-19-10-6-7-12-22(19)35-23)24(31)28-14-13-20-11-8-9-15-30(20)26(33)34-27(3,4)5/h6-7,10,12,17-18,20-21H,8-9,11,13-16H2,1-5H3,(H,28,31)(H,29,32)/t20?,21-/m0/s1. The molecule has 1 aromatic heterocycles. The van der Waals surface area contributed by atoms with Crippen molar-refractivity contribution in [2.45, 2.75) is 84.4 Å². The lowest BCUT2D eigenvalue weighted by Gasteiger charge is -2.37. The number of thiophene rings is 1. The summed E-state index contributed by atoms with van der Waals surface area (Å²) < 4.78 is 6.62. The SMILES string of the molecule is CC(C)C[C@H](NC(=O)c1cc2ccccc2s1)C(=O)NCCC1CCCCN1C(=O)OC(C)(C)C. The molecule has 1 aliphatic rings. The highest BCUT2D eigenvalue weighted by Gasteiger charge is 2.30. The molecule has 1 aliphatic heterocycles. The zero-order chi connectivity index (χ0) is 25.6. The van der Waals surface area contributed by atoms with Crippen molar-refractivity contribution in [2.75, 3.05) is 13.1 Å². The predicted octanol–water partition coefficient (Wildman–Crippen LogP) is 5.34. The van der Waals surface area contributed by atoms with Crippen LogP contribution in [0.3, 0.4) is 0 Å². The fourth-order valence-electron chi connectivity index (χ4n) is 4.37. The van der Waals surface area contributed by atoms with E-state index in [1.54, 1.807) is 4.90 Å². The number of fused-ring (bicyclic) bond motifs is 1. The Labute approximate surface area is 212 Å². The van der Waals surface area contributed by atoms with E-state index in [4.69, 9.17) is 4.74 Å². The topological polar surface area (TPSA) is 87.7 Å². The Bertz CT molecular complexity index is 994. The molecule has 1 fully saturated rings. The average molecular weight is 502 g/mol. The summed E-state index contributed by atoms with van der Waals surface area (Å²) in [6.45, 7) is 10.8. The first-order chi connectivity index (χ1) is 16.5. The molecule has 8 heteroatoms. The molecular weight excluding hydrogens is 462 g/mol. The molecule has 0 spiro atoms. The second-order valence-electron chi connectivity index (χ2n) is 10.7. The van der Waals surface area contributed by atoms with Crippen molar-refractivity contribution in [3.63, 3.8) is 0 Å². The van der Waals surface area contributed by atoms with Crippen molar-refractivity contribution in [3.8, 4) is 0 Å². The highest BCUT2D eigenvalue weighted by molar-refractivity contribution is 7.20. The smallest absolute Gasteiger partial charge is 0.410 e. The van der Waals surface area contributed by atoms with Gasteiger partial charge in [0.2, 0.25) is 5.91 Å². The van der Waals surface area contributed by atoms with Gasteiger partial charge in [-0.2, -0.15) is 0 Å². The maximum Gasteiger partial charge on any atom is 0.410 e. The quantitative estimate of drug-likeness (QED) is 0.511. The van der Waals surface area contributed by atoms with E-state index in [0.717, 1.165) is 29.3 Å². The molecule has 2 N–H and O–H groups in total. The number of hydrogen-bond acceptors (Lipinski definition) is 5. The van der Waals surface area contributed by atoms with Gasteiger partial charge >= 0.3 is 6.09 Å². The van der Waals surface area contributed by atoms with Gasteiger partial charge in [0.1, 0.15) is 11.6 Å². The summed E-state index contributed by atoms with van der Waals surface area (Å²) in [6.07, 6.45) is 3.83. The number of nitrogens with zero attached hydrogens (tertiary/aromatic N) is 1. The minimum absolute atomic E-state index is 0.0376. The van der Waals surface area contributed by atoms with Gasteiger partial charge in [-0.15, -0.1) is 11.3 Å². The number of hydrogen-bond donors (Lipinski definition) is 2. The molecule has 0 radical (unpaired) electrons. The minimum atomic E-state index is -0.610. The maximum absolute atomic E-state index is 13.0. The highest BCUT2D eigenvalue weighted by Crippen LogP contribution is 2.25. The number of piperidine rings is 1. The summed E-state index contributed by atoms with van der Waals surface area (Å²) in [4.78, 5) is 41.0. The summed E-state index contributed by atoms with van der Waals surface area (Å²) in [7, 11) is 0. The first kappa shape index (κ1) is 27.0. The molecule has 1 saturated heterocycles. The molecule has 0 aliphatic carbocycles. The van der Waals surface area contributed by atoms with Crippen molar-refractivity contribution in [3.05, 3.63) is 35.2 Å². The fraction of sp³-hybridized carbons (Fsp3) is 0.593. The Kier molecular flexibility index (Phi) is 9.16. The lowest BCUT2D eigenvalue weighted by molar-refractivity contribution is -0.123. The minimum Gasteiger partial charge on any atom is -0.444 e. The molecule has 2 heterocycles. The fourth-order valence-corrected chi connectivity index (χ4v) is 5.34. The van der Waals surface area contributed by atoms with Crippen LogP contribution in [0.15, 0.2) is 30.3 Å². The third kappa shape index (κ3) is 7.95. The normalized spacial score (nSPS) is 17.3. The number of carbonyl (C=O) groups is 3. The Hall–Kier alpha value is -2.61. The average Bonchev–Trinajstić information content (AvgIpc) is 3.22. The van der Waals surface area contributed by atoms with Crippen molar-refractivity contribution in [1.29, 1.82) is 0 Å². The summed E-state index contributed by atoms with van der Waals surface area (Å²) in [5, 5.41) is 6.96. The van der Waals surface area contributed by atoms with Gasteiger partial charge in [0.05, 0.1) is 4.88 Å². The zero-order valence-electron chi connectivity index (χ0n) is 21.6. The zero-order valence-corrected chi connectivity index (χ0v) is 22.4. The van der Waals surface area contributed by atoms with Gasteiger partial charge in [0.15, 0.2) is 0 Å². The number of carbonyl (C=O) groups excluding carboxylic acids is 3. The Morgan fingerprint density at radius 2 is 1.91 bits per heavy atom. The molecular formula is C27H39N3O4S. The molecule has 192 valence electrons. The van der Waals surface area contributed by atoms with E-state index in [1.165, 1.54) is 11.3 Å². The third-order valence-electron chi connectivity index (χ3n) is 6.01. The van der Waals surface area contributed by atoms with E-state index in [-0.39, 0.29) is 29.9 Å². The van der Waals surface area contributed by atoms with E-state index >= 15 is 0 Å². The monoisotopic (exact) mass is 501 g/mol. The first-order valence-electron chi connectivity index (χ1n) is 12.6. The molecule has 2 aromatic rings. The van der Waals surface area contributed by atoms with Crippen LogP contribution >= 0.6 is 11.3 Å². The van der Waals surface area contributed by atoms with E-state index in [0.29, 0.717) is 30.8 Å². The van der Waals surface area contributed by atoms with Crippen LogP contribution in [0.4, 0.5) is 4.79 Å². The van der Waals surface area contributed by atoms with Gasteiger partial charge in [-0.1, -0.05) is 32.0 Å². The van der Waals surface area contributed by atoms with Gasteiger partial charge in [-0.3, -0.25) is 9.59 Å². The van der Waals surface area contributed by atoms with Gasteiger partial charge in [-0.05, 0) is 76.3 Å². The number of benzene rings is 1. The lowest BCUT2D eigenvalue weighted by Crippen LogP contribution is -2.49. The summed E-state index contributed by atoms with van der Waals surface area (Å²) >= 11 is 1.43. The van der Waals surface area contributed by atoms with Crippen molar-refractivity contribution < 1.29 is 19.1 Å². The van der Waals surface area contributed by atoms with Crippen molar-refractivity contribution in [2.24, 2.45) is 5.92 Å². The molecule has 2 atom stereocenters. The summed E-state index contributed by atoms with van der Waals surface area (Å²) in [5.41, 5.74) is -0.538. The summed E-state index contributed by atoms with van der Waals surface area (Å²) in [6, 6.07) is 9.16. The van der Waals surface area contributed by atoms with Crippen LogP contribution < -0.4 is 10.6 Å². The molecule has 3 amide bonds. The molecule has 1 unspecified atom stereocenters. The van der Waals surface area contributed by atoms with Crippen LogP contribution in [0.5, 0.6) is 0 Å². The molecule has 7 nitrogen and oxygen atoms in total. The van der Waals surface area contributed by atoms with Crippen LogP contribution in [-0.2, 0) is 9.53 Å². The van der Waals surface area contributed by atoms with Crippen LogP contribution in [-0.4, -0.2) is 53.6 Å². The number of nitrogens with one attached hydrogen (secondary N) is 2. The molecule has 0 saturated carbocycles. The number of amides is 3. The van der Waals surface area contributed by atoms with Crippen LogP contribution in [0.1, 0.15) is 76.4 Å².